The van der Waals surface area contributed by atoms with Crippen LogP contribution >= 0.6 is 0 Å². The van der Waals surface area contributed by atoms with E-state index in [9.17, 15) is 9.59 Å². The van der Waals surface area contributed by atoms with E-state index in [2.05, 4.69) is 9.97 Å². The Morgan fingerprint density at radius 2 is 2.08 bits per heavy atom. The van der Waals surface area contributed by atoms with E-state index >= 15 is 0 Å². The lowest BCUT2D eigenvalue weighted by Gasteiger charge is -2.19. The van der Waals surface area contributed by atoms with Gasteiger partial charge in [-0.1, -0.05) is 6.92 Å². The molecule has 1 aromatic rings. The highest BCUT2D eigenvalue weighted by Crippen LogP contribution is 2.25. The van der Waals surface area contributed by atoms with E-state index in [1.165, 1.54) is 0 Å². The topological polar surface area (TPSA) is 65.7 Å². The van der Waals surface area contributed by atoms with Gasteiger partial charge in [0.1, 0.15) is 0 Å². The molecule has 0 amide bonds. The monoisotopic (exact) mass is 180 g/mol. The number of nitrogens with one attached hydrogen (secondary N) is 2. The van der Waals surface area contributed by atoms with Gasteiger partial charge in [0.05, 0.1) is 0 Å². The fourth-order valence-corrected chi connectivity index (χ4v) is 1.99. The highest BCUT2D eigenvalue weighted by molar-refractivity contribution is 5.23. The second-order valence-electron chi connectivity index (χ2n) is 3.59. The van der Waals surface area contributed by atoms with Crippen LogP contribution in [0.5, 0.6) is 0 Å². The molecule has 4 nitrogen and oxygen atoms in total. The summed E-state index contributed by atoms with van der Waals surface area (Å²) in [6.45, 7) is 2.02. The van der Waals surface area contributed by atoms with Crippen molar-refractivity contribution in [1.82, 2.24) is 9.97 Å². The van der Waals surface area contributed by atoms with Gasteiger partial charge >= 0.3 is 5.69 Å². The van der Waals surface area contributed by atoms with Gasteiger partial charge in [0, 0.05) is 11.3 Å². The fourth-order valence-electron chi connectivity index (χ4n) is 1.99. The molecular weight excluding hydrogens is 168 g/mol. The van der Waals surface area contributed by atoms with Crippen molar-refractivity contribution in [1.29, 1.82) is 0 Å². The van der Waals surface area contributed by atoms with Crippen LogP contribution in [0.1, 0.15) is 36.9 Å². The molecule has 0 saturated carbocycles. The molecule has 0 saturated heterocycles. The van der Waals surface area contributed by atoms with Crippen molar-refractivity contribution in [2.75, 3.05) is 0 Å². The highest BCUT2D eigenvalue weighted by Gasteiger charge is 2.20. The zero-order valence-electron chi connectivity index (χ0n) is 7.52. The first-order valence-corrected chi connectivity index (χ1v) is 4.54. The minimum atomic E-state index is -0.391. The molecule has 0 bridgehead atoms. The van der Waals surface area contributed by atoms with Crippen LogP contribution in [0.3, 0.4) is 0 Å². The van der Waals surface area contributed by atoms with Crippen molar-refractivity contribution >= 4 is 0 Å². The maximum Gasteiger partial charge on any atom is 0.325 e. The lowest BCUT2D eigenvalue weighted by molar-refractivity contribution is 0.566. The van der Waals surface area contributed by atoms with Gasteiger partial charge in [0.2, 0.25) is 0 Å². The number of aromatic amines is 2. The molecule has 13 heavy (non-hydrogen) atoms. The van der Waals surface area contributed by atoms with Crippen LogP contribution in [0.2, 0.25) is 0 Å². The van der Waals surface area contributed by atoms with Gasteiger partial charge in [-0.25, -0.2) is 4.79 Å². The molecule has 70 valence electrons. The van der Waals surface area contributed by atoms with E-state index in [0.717, 1.165) is 30.5 Å². The standard InChI is InChI=1S/C9H12N2O2/c1-5-3-2-4-6-7(5)8(12)11-9(13)10-6/h5H,2-4H2,1H3,(H2,10,11,12,13). The van der Waals surface area contributed by atoms with E-state index in [-0.39, 0.29) is 11.5 Å². The third kappa shape index (κ3) is 1.32. The predicted molar refractivity (Wildman–Crippen MR) is 49.0 cm³/mol. The van der Waals surface area contributed by atoms with Crippen molar-refractivity contribution in [2.45, 2.75) is 32.1 Å². The Hall–Kier alpha value is -1.32. The van der Waals surface area contributed by atoms with Crippen molar-refractivity contribution in [3.8, 4) is 0 Å². The Balaban J connectivity index is 2.70. The van der Waals surface area contributed by atoms with Crippen molar-refractivity contribution < 1.29 is 0 Å². The number of hydrogen-bond acceptors (Lipinski definition) is 2. The average Bonchev–Trinajstić information content (AvgIpc) is 2.02. The zero-order valence-corrected chi connectivity index (χ0v) is 7.52. The minimum absolute atomic E-state index is 0.217. The van der Waals surface area contributed by atoms with Crippen LogP contribution in [0.25, 0.3) is 0 Å². The molecule has 2 N–H and O–H groups in total. The van der Waals surface area contributed by atoms with Gasteiger partial charge in [-0.15, -0.1) is 0 Å². The summed E-state index contributed by atoms with van der Waals surface area (Å²) in [5.41, 5.74) is 0.988. The normalized spacial score (nSPS) is 21.2. The SMILES string of the molecule is CC1CCCc2[nH]c(=O)[nH]c(=O)c21. The summed E-state index contributed by atoms with van der Waals surface area (Å²) in [5, 5.41) is 0. The number of aryl methyl sites for hydroxylation is 1. The van der Waals surface area contributed by atoms with Gasteiger partial charge in [0.25, 0.3) is 5.56 Å². The Morgan fingerprint density at radius 3 is 2.85 bits per heavy atom. The van der Waals surface area contributed by atoms with Crippen molar-refractivity contribution in [3.63, 3.8) is 0 Å². The molecule has 1 aromatic heterocycles. The van der Waals surface area contributed by atoms with Crippen LogP contribution in [0.4, 0.5) is 0 Å². The molecule has 0 aromatic carbocycles. The van der Waals surface area contributed by atoms with Gasteiger partial charge < -0.3 is 4.98 Å². The van der Waals surface area contributed by atoms with Crippen molar-refractivity contribution in [3.05, 3.63) is 32.1 Å². The minimum Gasteiger partial charge on any atom is -0.311 e. The quantitative estimate of drug-likeness (QED) is 0.610. The molecule has 1 aliphatic rings. The number of fused-ring (bicyclic) bond motifs is 1. The van der Waals surface area contributed by atoms with Crippen LogP contribution in [-0.2, 0) is 6.42 Å². The van der Waals surface area contributed by atoms with E-state index in [1.54, 1.807) is 0 Å². The summed E-state index contributed by atoms with van der Waals surface area (Å²) in [5.74, 6) is 0.268. The molecule has 2 rings (SSSR count). The fraction of sp³-hybridized carbons (Fsp3) is 0.556. The Morgan fingerprint density at radius 1 is 1.31 bits per heavy atom. The maximum absolute atomic E-state index is 11.4. The van der Waals surface area contributed by atoms with Gasteiger partial charge in [-0.2, -0.15) is 0 Å². The van der Waals surface area contributed by atoms with Crippen molar-refractivity contribution in [2.24, 2.45) is 0 Å². The maximum atomic E-state index is 11.4. The largest absolute Gasteiger partial charge is 0.325 e. The van der Waals surface area contributed by atoms with Gasteiger partial charge in [-0.05, 0) is 25.2 Å². The molecule has 1 heterocycles. The second-order valence-corrected chi connectivity index (χ2v) is 3.59. The second kappa shape index (κ2) is 2.87. The van der Waals surface area contributed by atoms with Crippen LogP contribution in [0.15, 0.2) is 9.59 Å². The predicted octanol–water partition coefficient (Wildman–Crippen LogP) is 0.503. The van der Waals surface area contributed by atoms with E-state index in [1.807, 2.05) is 6.92 Å². The number of aromatic nitrogens is 2. The lowest BCUT2D eigenvalue weighted by atomic mass is 9.88. The molecule has 1 unspecified atom stereocenters. The third-order valence-corrected chi connectivity index (χ3v) is 2.62. The van der Waals surface area contributed by atoms with Crippen LogP contribution in [0, 0.1) is 0 Å². The summed E-state index contributed by atoms with van der Waals surface area (Å²) in [4.78, 5) is 27.3. The summed E-state index contributed by atoms with van der Waals surface area (Å²) < 4.78 is 0. The summed E-state index contributed by atoms with van der Waals surface area (Å²) in [6.07, 6.45) is 2.90. The number of rotatable bonds is 0. The summed E-state index contributed by atoms with van der Waals surface area (Å²) in [7, 11) is 0. The highest BCUT2D eigenvalue weighted by atomic mass is 16.2. The first-order valence-electron chi connectivity index (χ1n) is 4.54. The van der Waals surface area contributed by atoms with Crippen LogP contribution < -0.4 is 11.2 Å². The van der Waals surface area contributed by atoms with E-state index in [0.29, 0.717) is 0 Å². The molecule has 0 aliphatic heterocycles. The molecule has 0 spiro atoms. The van der Waals surface area contributed by atoms with Gasteiger partial charge in [0.15, 0.2) is 0 Å². The van der Waals surface area contributed by atoms with Gasteiger partial charge in [-0.3, -0.25) is 9.78 Å². The lowest BCUT2D eigenvalue weighted by Crippen LogP contribution is -2.31. The van der Waals surface area contributed by atoms with E-state index < -0.39 is 5.69 Å². The first-order chi connectivity index (χ1) is 6.18. The smallest absolute Gasteiger partial charge is 0.311 e. The third-order valence-electron chi connectivity index (χ3n) is 2.62. The van der Waals surface area contributed by atoms with Crippen LogP contribution in [-0.4, -0.2) is 9.97 Å². The Labute approximate surface area is 75.0 Å². The molecular formula is C9H12N2O2. The first kappa shape index (κ1) is 8.29. The van der Waals surface area contributed by atoms with E-state index in [4.69, 9.17) is 0 Å². The molecule has 1 aliphatic carbocycles. The molecule has 0 fully saturated rings. The zero-order chi connectivity index (χ0) is 9.42. The molecule has 4 heteroatoms. The summed E-state index contributed by atoms with van der Waals surface area (Å²) >= 11 is 0. The number of H-pyrrole nitrogens is 2. The number of hydrogen-bond donors (Lipinski definition) is 2. The Kier molecular flexibility index (Phi) is 1.83. The molecule has 1 atom stereocenters. The average molecular weight is 180 g/mol. The Bertz CT molecular complexity index is 430. The molecule has 0 radical (unpaired) electrons. The summed E-state index contributed by atoms with van der Waals surface area (Å²) in [6, 6.07) is 0.